The maximum atomic E-state index is 13.4. The molecule has 0 aliphatic heterocycles. The molecular formula is C16H16FN5. The Morgan fingerprint density at radius 2 is 2.05 bits per heavy atom. The lowest BCUT2D eigenvalue weighted by Gasteiger charge is -2.18. The van der Waals surface area contributed by atoms with Crippen molar-refractivity contribution in [2.45, 2.75) is 19.9 Å². The molecular weight excluding hydrogens is 281 g/mol. The molecule has 3 rings (SSSR count). The first kappa shape index (κ1) is 14.2. The molecule has 5 nitrogen and oxygen atoms in total. The van der Waals surface area contributed by atoms with Crippen LogP contribution >= 0.6 is 0 Å². The van der Waals surface area contributed by atoms with Gasteiger partial charge in [-0.15, -0.1) is 5.10 Å². The fraction of sp³-hybridized carbons (Fsp3) is 0.188. The molecule has 1 N–H and O–H groups in total. The van der Waals surface area contributed by atoms with E-state index >= 15 is 0 Å². The fourth-order valence-corrected chi connectivity index (χ4v) is 2.28. The van der Waals surface area contributed by atoms with Gasteiger partial charge in [-0.3, -0.25) is 0 Å². The minimum absolute atomic E-state index is 0.0249. The quantitative estimate of drug-likeness (QED) is 0.803. The van der Waals surface area contributed by atoms with Gasteiger partial charge in [0.1, 0.15) is 12.1 Å². The molecule has 0 fully saturated rings. The molecule has 2 aromatic carbocycles. The highest BCUT2D eigenvalue weighted by Crippen LogP contribution is 2.24. The lowest BCUT2D eigenvalue weighted by Crippen LogP contribution is -2.08. The number of hydrogen-bond donors (Lipinski definition) is 1. The van der Waals surface area contributed by atoms with E-state index in [1.54, 1.807) is 17.1 Å². The number of aromatic nitrogens is 4. The molecule has 1 aromatic heterocycles. The van der Waals surface area contributed by atoms with E-state index in [2.05, 4.69) is 20.8 Å². The number of benzene rings is 2. The van der Waals surface area contributed by atoms with Crippen molar-refractivity contribution in [2.75, 3.05) is 5.32 Å². The lowest BCUT2D eigenvalue weighted by molar-refractivity contribution is 0.627. The summed E-state index contributed by atoms with van der Waals surface area (Å²) in [7, 11) is 0. The van der Waals surface area contributed by atoms with Crippen molar-refractivity contribution in [1.82, 2.24) is 20.2 Å². The summed E-state index contributed by atoms with van der Waals surface area (Å²) in [6.45, 7) is 3.98. The third-order valence-corrected chi connectivity index (χ3v) is 3.56. The second kappa shape index (κ2) is 5.93. The van der Waals surface area contributed by atoms with Crippen LogP contribution in [-0.2, 0) is 0 Å². The molecule has 112 valence electrons. The molecule has 6 heteroatoms. The Morgan fingerprint density at radius 3 is 2.82 bits per heavy atom. The Kier molecular flexibility index (Phi) is 3.82. The van der Waals surface area contributed by atoms with Gasteiger partial charge in [0.05, 0.1) is 5.69 Å². The Morgan fingerprint density at radius 1 is 1.18 bits per heavy atom. The molecule has 0 aliphatic carbocycles. The van der Waals surface area contributed by atoms with Gasteiger partial charge in [0.25, 0.3) is 0 Å². The van der Waals surface area contributed by atoms with Crippen molar-refractivity contribution < 1.29 is 4.39 Å². The average molecular weight is 297 g/mol. The van der Waals surface area contributed by atoms with E-state index in [-0.39, 0.29) is 11.9 Å². The second-order valence-corrected chi connectivity index (χ2v) is 5.17. The standard InChI is InChI=1S/C16H16FN5/c1-11-6-7-14(17)9-16(11)19-12(2)13-4-3-5-15(8-13)22-10-18-20-21-22/h3-10,12,19H,1-2H3. The Labute approximate surface area is 127 Å². The molecule has 1 unspecified atom stereocenters. The van der Waals surface area contributed by atoms with Gasteiger partial charge in [-0.05, 0) is 59.7 Å². The van der Waals surface area contributed by atoms with Crippen molar-refractivity contribution in [1.29, 1.82) is 0 Å². The molecule has 3 aromatic rings. The van der Waals surface area contributed by atoms with Crippen LogP contribution in [0.4, 0.5) is 10.1 Å². The van der Waals surface area contributed by atoms with Gasteiger partial charge < -0.3 is 5.32 Å². The summed E-state index contributed by atoms with van der Waals surface area (Å²) in [6.07, 6.45) is 1.55. The highest BCUT2D eigenvalue weighted by atomic mass is 19.1. The zero-order chi connectivity index (χ0) is 15.5. The summed E-state index contributed by atoms with van der Waals surface area (Å²) in [5.41, 5.74) is 3.74. The predicted molar refractivity (Wildman–Crippen MR) is 82.3 cm³/mol. The maximum Gasteiger partial charge on any atom is 0.143 e. The summed E-state index contributed by atoms with van der Waals surface area (Å²) in [5, 5.41) is 14.5. The Bertz CT molecular complexity index is 770. The molecule has 0 bridgehead atoms. The predicted octanol–water partition coefficient (Wildman–Crippen LogP) is 3.28. The lowest BCUT2D eigenvalue weighted by atomic mass is 10.1. The van der Waals surface area contributed by atoms with Gasteiger partial charge >= 0.3 is 0 Å². The molecule has 22 heavy (non-hydrogen) atoms. The normalized spacial score (nSPS) is 12.1. The maximum absolute atomic E-state index is 13.4. The monoisotopic (exact) mass is 297 g/mol. The van der Waals surface area contributed by atoms with Gasteiger partial charge in [-0.1, -0.05) is 18.2 Å². The topological polar surface area (TPSA) is 55.6 Å². The number of anilines is 1. The van der Waals surface area contributed by atoms with Crippen molar-refractivity contribution in [3.05, 3.63) is 65.7 Å². The number of tetrazole rings is 1. The molecule has 1 atom stereocenters. The van der Waals surface area contributed by atoms with E-state index in [4.69, 9.17) is 0 Å². The highest BCUT2D eigenvalue weighted by molar-refractivity contribution is 5.52. The fourth-order valence-electron chi connectivity index (χ4n) is 2.28. The van der Waals surface area contributed by atoms with Gasteiger partial charge in [-0.2, -0.15) is 0 Å². The zero-order valence-corrected chi connectivity index (χ0v) is 12.4. The van der Waals surface area contributed by atoms with Crippen LogP contribution in [0.1, 0.15) is 24.1 Å². The molecule has 0 amide bonds. The van der Waals surface area contributed by atoms with Crippen molar-refractivity contribution in [3.8, 4) is 5.69 Å². The van der Waals surface area contributed by atoms with Gasteiger partial charge in [0.15, 0.2) is 0 Å². The van der Waals surface area contributed by atoms with Crippen LogP contribution in [0.25, 0.3) is 5.69 Å². The number of hydrogen-bond acceptors (Lipinski definition) is 4. The van der Waals surface area contributed by atoms with Gasteiger partial charge in [0.2, 0.25) is 0 Å². The Balaban J connectivity index is 1.85. The highest BCUT2D eigenvalue weighted by Gasteiger charge is 2.09. The molecule has 0 spiro atoms. The summed E-state index contributed by atoms with van der Waals surface area (Å²) in [5.74, 6) is -0.247. The first-order valence-electron chi connectivity index (χ1n) is 6.99. The third kappa shape index (κ3) is 2.95. The second-order valence-electron chi connectivity index (χ2n) is 5.17. The van der Waals surface area contributed by atoms with Crippen molar-refractivity contribution >= 4 is 5.69 Å². The number of halogens is 1. The summed E-state index contributed by atoms with van der Waals surface area (Å²) in [4.78, 5) is 0. The van der Waals surface area contributed by atoms with Gasteiger partial charge in [-0.25, -0.2) is 9.07 Å². The summed E-state index contributed by atoms with van der Waals surface area (Å²) >= 11 is 0. The van der Waals surface area contributed by atoms with Crippen molar-refractivity contribution in [3.63, 3.8) is 0 Å². The van der Waals surface area contributed by atoms with Gasteiger partial charge in [0, 0.05) is 11.7 Å². The first-order chi connectivity index (χ1) is 10.6. The molecule has 0 saturated carbocycles. The van der Waals surface area contributed by atoms with E-state index in [0.717, 1.165) is 22.5 Å². The van der Waals surface area contributed by atoms with Crippen LogP contribution in [0.15, 0.2) is 48.8 Å². The number of rotatable bonds is 4. The van der Waals surface area contributed by atoms with Crippen LogP contribution in [-0.4, -0.2) is 20.2 Å². The van der Waals surface area contributed by atoms with E-state index < -0.39 is 0 Å². The molecule has 0 radical (unpaired) electrons. The van der Waals surface area contributed by atoms with Crippen LogP contribution in [0.2, 0.25) is 0 Å². The number of nitrogens with zero attached hydrogens (tertiary/aromatic N) is 4. The van der Waals surface area contributed by atoms with Crippen LogP contribution in [0.5, 0.6) is 0 Å². The largest absolute Gasteiger partial charge is 0.378 e. The Hall–Kier alpha value is -2.76. The minimum atomic E-state index is -0.247. The first-order valence-corrected chi connectivity index (χ1v) is 6.99. The number of nitrogens with one attached hydrogen (secondary N) is 1. The van der Waals surface area contributed by atoms with Crippen LogP contribution in [0, 0.1) is 12.7 Å². The van der Waals surface area contributed by atoms with E-state index in [1.807, 2.05) is 38.1 Å². The summed E-state index contributed by atoms with van der Waals surface area (Å²) < 4.78 is 15.0. The van der Waals surface area contributed by atoms with Crippen molar-refractivity contribution in [2.24, 2.45) is 0 Å². The smallest absolute Gasteiger partial charge is 0.143 e. The average Bonchev–Trinajstić information content (AvgIpc) is 3.05. The molecule has 0 aliphatic rings. The molecule has 0 saturated heterocycles. The summed E-state index contributed by atoms with van der Waals surface area (Å²) in [6, 6.07) is 12.7. The zero-order valence-electron chi connectivity index (χ0n) is 12.4. The van der Waals surface area contributed by atoms with Crippen LogP contribution in [0.3, 0.4) is 0 Å². The number of aryl methyl sites for hydroxylation is 1. The third-order valence-electron chi connectivity index (χ3n) is 3.56. The SMILES string of the molecule is Cc1ccc(F)cc1NC(C)c1cccc(-n2cnnn2)c1. The van der Waals surface area contributed by atoms with Crippen LogP contribution < -0.4 is 5.32 Å². The van der Waals surface area contributed by atoms with E-state index in [1.165, 1.54) is 12.1 Å². The molecule has 1 heterocycles. The van der Waals surface area contributed by atoms with E-state index in [0.29, 0.717) is 0 Å². The van der Waals surface area contributed by atoms with E-state index in [9.17, 15) is 4.39 Å². The minimum Gasteiger partial charge on any atom is -0.378 e.